The van der Waals surface area contributed by atoms with Gasteiger partial charge in [-0.3, -0.25) is 0 Å². The Bertz CT molecular complexity index is 68.5. The summed E-state index contributed by atoms with van der Waals surface area (Å²) < 4.78 is 0. The Balaban J connectivity index is -0.0000000853. The normalized spacial score (nSPS) is 8.40. The highest BCUT2D eigenvalue weighted by Gasteiger charge is 1.70. The minimum absolute atomic E-state index is 0.344. The van der Waals surface area contributed by atoms with Gasteiger partial charge in [-0.2, -0.15) is 0 Å². The molecule has 4 heteroatoms. The number of aliphatic hydroxyl groups excluding tert-OH is 4. The van der Waals surface area contributed by atoms with Crippen LogP contribution >= 0.6 is 0 Å². The number of aliphatic hydroxyl groups is 4. The van der Waals surface area contributed by atoms with E-state index in [1.54, 1.807) is 0 Å². The molecule has 20 heavy (non-hydrogen) atoms. The molecule has 0 aliphatic carbocycles. The van der Waals surface area contributed by atoms with Crippen molar-refractivity contribution in [2.75, 3.05) is 26.4 Å². The van der Waals surface area contributed by atoms with Crippen molar-refractivity contribution >= 4 is 0 Å². The second kappa shape index (κ2) is 42.8. The highest BCUT2D eigenvalue weighted by molar-refractivity contribution is 4.24. The summed E-state index contributed by atoms with van der Waals surface area (Å²) >= 11 is 0. The van der Waals surface area contributed by atoms with E-state index in [0.29, 0.717) is 26.4 Å². The van der Waals surface area contributed by atoms with Gasteiger partial charge in [-0.15, -0.1) is 0 Å². The first-order valence-electron chi connectivity index (χ1n) is 8.09. The lowest BCUT2D eigenvalue weighted by Gasteiger charge is -1.79. The smallest absolute Gasteiger partial charge is 0.0430 e. The van der Waals surface area contributed by atoms with E-state index in [-0.39, 0.29) is 0 Å². The Kier molecular flexibility index (Phi) is 60.0. The van der Waals surface area contributed by atoms with E-state index in [4.69, 9.17) is 20.4 Å². The van der Waals surface area contributed by atoms with Gasteiger partial charge in [0.1, 0.15) is 0 Å². The summed E-state index contributed by atoms with van der Waals surface area (Å²) in [6, 6.07) is 0. The maximum atomic E-state index is 8.07. The van der Waals surface area contributed by atoms with Crippen LogP contribution in [0, 0.1) is 0 Å². The van der Waals surface area contributed by atoms with E-state index in [1.165, 1.54) is 0 Å². The highest BCUT2D eigenvalue weighted by Crippen LogP contribution is 1.80. The van der Waals surface area contributed by atoms with Crippen LogP contribution in [0.25, 0.3) is 0 Å². The Labute approximate surface area is 126 Å². The molecule has 4 N–H and O–H groups in total. The predicted octanol–water partition coefficient (Wildman–Crippen LogP) is 3.12. The molecule has 4 nitrogen and oxygen atoms in total. The van der Waals surface area contributed by atoms with Crippen LogP contribution in [0.5, 0.6) is 0 Å². The molecule has 0 aromatic heterocycles. The lowest BCUT2D eigenvalue weighted by atomic mass is 10.4. The lowest BCUT2D eigenvalue weighted by Crippen LogP contribution is -1.75. The van der Waals surface area contributed by atoms with Crippen LogP contribution in [-0.4, -0.2) is 46.9 Å². The predicted molar refractivity (Wildman–Crippen MR) is 88.0 cm³/mol. The van der Waals surface area contributed by atoms with Crippen LogP contribution < -0.4 is 0 Å². The Morgan fingerprint density at radius 3 is 0.550 bits per heavy atom. The molecule has 0 saturated heterocycles. The van der Waals surface area contributed by atoms with Crippen LogP contribution in [-0.2, 0) is 0 Å². The van der Waals surface area contributed by atoms with Crippen LogP contribution in [0.2, 0.25) is 0 Å². The third-order valence-corrected chi connectivity index (χ3v) is 2.05. The largest absolute Gasteiger partial charge is 0.396 e. The van der Waals surface area contributed by atoms with Gasteiger partial charge in [0.15, 0.2) is 0 Å². The summed E-state index contributed by atoms with van der Waals surface area (Å²) in [7, 11) is 0. The zero-order valence-corrected chi connectivity index (χ0v) is 14.3. The van der Waals surface area contributed by atoms with E-state index in [0.717, 1.165) is 51.4 Å². The zero-order valence-electron chi connectivity index (χ0n) is 14.3. The molecule has 0 bridgehead atoms. The van der Waals surface area contributed by atoms with Gasteiger partial charge in [-0.05, 0) is 25.7 Å². The average molecular weight is 296 g/mol. The van der Waals surface area contributed by atoms with Crippen LogP contribution in [0.3, 0.4) is 0 Å². The molecule has 0 aliphatic heterocycles. The van der Waals surface area contributed by atoms with E-state index in [2.05, 4.69) is 27.7 Å². The van der Waals surface area contributed by atoms with Gasteiger partial charge in [-0.1, -0.05) is 53.4 Å². The molecule has 0 radical (unpaired) electrons. The monoisotopic (exact) mass is 296 g/mol. The molecule has 0 atom stereocenters. The Hall–Kier alpha value is -0.160. The van der Waals surface area contributed by atoms with Gasteiger partial charge >= 0.3 is 0 Å². The fourth-order valence-corrected chi connectivity index (χ4v) is 0.632. The first-order chi connectivity index (χ1) is 9.66. The van der Waals surface area contributed by atoms with E-state index < -0.39 is 0 Å². The first kappa shape index (κ1) is 28.1. The van der Waals surface area contributed by atoms with Gasteiger partial charge in [-0.25, -0.2) is 0 Å². The summed E-state index contributed by atoms with van der Waals surface area (Å²) in [5.74, 6) is 0. The van der Waals surface area contributed by atoms with Crippen molar-refractivity contribution in [1.82, 2.24) is 0 Å². The van der Waals surface area contributed by atoms with Gasteiger partial charge in [0.25, 0.3) is 0 Å². The van der Waals surface area contributed by atoms with Crippen molar-refractivity contribution in [3.63, 3.8) is 0 Å². The zero-order chi connectivity index (χ0) is 16.5. The molecule has 0 rings (SSSR count). The van der Waals surface area contributed by atoms with E-state index >= 15 is 0 Å². The lowest BCUT2D eigenvalue weighted by molar-refractivity contribution is 0.286. The third kappa shape index (κ3) is 82.3. The van der Waals surface area contributed by atoms with Crippen LogP contribution in [0.1, 0.15) is 79.1 Å². The van der Waals surface area contributed by atoms with Crippen molar-refractivity contribution < 1.29 is 20.4 Å². The van der Waals surface area contributed by atoms with Crippen molar-refractivity contribution in [2.24, 2.45) is 0 Å². The van der Waals surface area contributed by atoms with E-state index in [1.807, 2.05) is 0 Å². The van der Waals surface area contributed by atoms with Gasteiger partial charge < -0.3 is 20.4 Å². The summed E-state index contributed by atoms with van der Waals surface area (Å²) in [5, 5.41) is 32.3. The highest BCUT2D eigenvalue weighted by atomic mass is 16.3. The van der Waals surface area contributed by atoms with Crippen molar-refractivity contribution in [3.8, 4) is 0 Å². The SMILES string of the molecule is CCCCO.CCCCO.CCCCO.CCCCO. The summed E-state index contributed by atoms with van der Waals surface area (Å²) in [6.07, 6.45) is 8.15. The number of hydrogen-bond acceptors (Lipinski definition) is 4. The quantitative estimate of drug-likeness (QED) is 0.555. The topological polar surface area (TPSA) is 80.9 Å². The minimum atomic E-state index is 0.344. The van der Waals surface area contributed by atoms with Crippen molar-refractivity contribution in [1.29, 1.82) is 0 Å². The van der Waals surface area contributed by atoms with Crippen LogP contribution in [0.4, 0.5) is 0 Å². The number of unbranched alkanes of at least 4 members (excludes halogenated alkanes) is 4. The standard InChI is InChI=1S/4C4H10O/c4*1-2-3-4-5/h4*5H,2-4H2,1H3. The summed E-state index contributed by atoms with van der Waals surface area (Å²) in [6.45, 7) is 9.58. The Morgan fingerprint density at radius 2 is 0.550 bits per heavy atom. The molecule has 0 saturated carbocycles. The third-order valence-electron chi connectivity index (χ3n) is 2.05. The first-order valence-corrected chi connectivity index (χ1v) is 8.09. The molecule has 0 aliphatic rings. The van der Waals surface area contributed by atoms with E-state index in [9.17, 15) is 0 Å². The molecule has 0 heterocycles. The van der Waals surface area contributed by atoms with Gasteiger partial charge in [0.2, 0.25) is 0 Å². The molecular weight excluding hydrogens is 256 g/mol. The number of hydrogen-bond donors (Lipinski definition) is 4. The second-order valence-corrected chi connectivity index (χ2v) is 4.31. The average Bonchev–Trinajstić information content (AvgIpc) is 2.44. The molecule has 0 spiro atoms. The number of rotatable bonds is 8. The molecular formula is C16H40O4. The Morgan fingerprint density at radius 1 is 0.400 bits per heavy atom. The molecule has 0 unspecified atom stereocenters. The minimum Gasteiger partial charge on any atom is -0.396 e. The molecule has 0 aromatic carbocycles. The summed E-state index contributed by atoms with van der Waals surface area (Å²) in [5.41, 5.74) is 0. The maximum absolute atomic E-state index is 8.07. The van der Waals surface area contributed by atoms with Gasteiger partial charge in [0, 0.05) is 26.4 Å². The van der Waals surface area contributed by atoms with Gasteiger partial charge in [0.05, 0.1) is 0 Å². The van der Waals surface area contributed by atoms with Crippen LogP contribution in [0.15, 0.2) is 0 Å². The second-order valence-electron chi connectivity index (χ2n) is 4.31. The molecule has 0 fully saturated rings. The fraction of sp³-hybridized carbons (Fsp3) is 1.00. The van der Waals surface area contributed by atoms with Crippen molar-refractivity contribution in [2.45, 2.75) is 79.1 Å². The molecule has 128 valence electrons. The molecule has 0 aromatic rings. The molecule has 0 amide bonds. The fourth-order valence-electron chi connectivity index (χ4n) is 0.632. The maximum Gasteiger partial charge on any atom is 0.0430 e. The summed E-state index contributed by atoms with van der Waals surface area (Å²) in [4.78, 5) is 0. The van der Waals surface area contributed by atoms with Crippen molar-refractivity contribution in [3.05, 3.63) is 0 Å².